The fourth-order valence-electron chi connectivity index (χ4n) is 1.41. The molecule has 2 aromatic rings. The van der Waals surface area contributed by atoms with Crippen molar-refractivity contribution in [3.8, 4) is 0 Å². The maximum absolute atomic E-state index is 5.55. The molecule has 0 amide bonds. The van der Waals surface area contributed by atoms with Crippen LogP contribution in [0.3, 0.4) is 0 Å². The van der Waals surface area contributed by atoms with Crippen molar-refractivity contribution in [2.24, 2.45) is 12.8 Å². The van der Waals surface area contributed by atoms with Crippen molar-refractivity contribution in [1.29, 1.82) is 0 Å². The summed E-state index contributed by atoms with van der Waals surface area (Å²) in [6, 6.07) is 8.35. The lowest BCUT2D eigenvalue weighted by atomic mass is 10.2. The van der Waals surface area contributed by atoms with E-state index in [-0.39, 0.29) is 0 Å². The highest BCUT2D eigenvalue weighted by molar-refractivity contribution is 7.98. The van der Waals surface area contributed by atoms with Gasteiger partial charge in [-0.3, -0.25) is 0 Å². The van der Waals surface area contributed by atoms with Gasteiger partial charge in [-0.25, -0.2) is 4.98 Å². The van der Waals surface area contributed by atoms with Gasteiger partial charge < -0.3 is 10.3 Å². The van der Waals surface area contributed by atoms with Crippen LogP contribution in [0.2, 0.25) is 0 Å². The first kappa shape index (κ1) is 11.2. The van der Waals surface area contributed by atoms with Crippen molar-refractivity contribution < 1.29 is 0 Å². The van der Waals surface area contributed by atoms with Crippen LogP contribution in [0.15, 0.2) is 41.6 Å². The summed E-state index contributed by atoms with van der Waals surface area (Å²) in [5, 5.41) is 0. The molecule has 0 aliphatic heterocycles. The quantitative estimate of drug-likeness (QED) is 0.823. The van der Waals surface area contributed by atoms with Gasteiger partial charge in [0.1, 0.15) is 5.82 Å². The summed E-state index contributed by atoms with van der Waals surface area (Å²) in [5.41, 5.74) is 6.72. The number of hydrogen-bond donors (Lipinski definition) is 1. The molecular weight excluding hydrogens is 218 g/mol. The van der Waals surface area contributed by atoms with Gasteiger partial charge in [0.15, 0.2) is 0 Å². The zero-order valence-electron chi connectivity index (χ0n) is 9.26. The Morgan fingerprint density at radius 1 is 1.31 bits per heavy atom. The average Bonchev–Trinajstić information content (AvgIpc) is 2.73. The molecule has 0 aliphatic rings. The fourth-order valence-corrected chi connectivity index (χ4v) is 2.31. The lowest BCUT2D eigenvalue weighted by molar-refractivity contribution is 0.849. The minimum atomic E-state index is 0.602. The molecule has 1 aromatic carbocycles. The number of benzene rings is 1. The van der Waals surface area contributed by atoms with Crippen LogP contribution in [0.5, 0.6) is 0 Å². The molecule has 84 valence electrons. The van der Waals surface area contributed by atoms with E-state index in [1.54, 1.807) is 11.8 Å². The Bertz CT molecular complexity index is 448. The first-order valence-electron chi connectivity index (χ1n) is 5.17. The minimum absolute atomic E-state index is 0.602. The number of nitrogens with two attached hydrogens (primary N) is 1. The molecule has 16 heavy (non-hydrogen) atoms. The largest absolute Gasteiger partial charge is 0.337 e. The maximum atomic E-state index is 5.55. The van der Waals surface area contributed by atoms with E-state index in [0.29, 0.717) is 6.54 Å². The first-order chi connectivity index (χ1) is 7.79. The number of aryl methyl sites for hydroxylation is 1. The molecule has 3 nitrogen and oxygen atoms in total. The SMILES string of the molecule is Cn1ccnc1CSc1ccc(CN)cc1. The summed E-state index contributed by atoms with van der Waals surface area (Å²) in [6.07, 6.45) is 3.79. The number of imidazole rings is 1. The molecule has 1 aromatic heterocycles. The van der Waals surface area contributed by atoms with Crippen LogP contribution in [0.25, 0.3) is 0 Å². The van der Waals surface area contributed by atoms with Gasteiger partial charge in [-0.05, 0) is 17.7 Å². The summed E-state index contributed by atoms with van der Waals surface area (Å²) in [4.78, 5) is 5.54. The fraction of sp³-hybridized carbons (Fsp3) is 0.250. The van der Waals surface area contributed by atoms with Crippen molar-refractivity contribution in [2.45, 2.75) is 17.2 Å². The van der Waals surface area contributed by atoms with Crippen molar-refractivity contribution in [1.82, 2.24) is 9.55 Å². The van der Waals surface area contributed by atoms with Gasteiger partial charge in [0.25, 0.3) is 0 Å². The molecule has 0 saturated carbocycles. The van der Waals surface area contributed by atoms with Crippen molar-refractivity contribution in [3.05, 3.63) is 48.0 Å². The molecule has 0 unspecified atom stereocenters. The Labute approximate surface area is 99.7 Å². The lowest BCUT2D eigenvalue weighted by Crippen LogP contribution is -1.96. The molecule has 1 heterocycles. The van der Waals surface area contributed by atoms with E-state index in [1.165, 1.54) is 10.5 Å². The zero-order valence-corrected chi connectivity index (χ0v) is 10.1. The molecule has 0 radical (unpaired) electrons. The van der Waals surface area contributed by atoms with Crippen LogP contribution in [-0.4, -0.2) is 9.55 Å². The average molecular weight is 233 g/mol. The molecule has 2 N–H and O–H groups in total. The summed E-state index contributed by atoms with van der Waals surface area (Å²) < 4.78 is 2.04. The van der Waals surface area contributed by atoms with Gasteiger partial charge in [-0.1, -0.05) is 12.1 Å². The van der Waals surface area contributed by atoms with Crippen LogP contribution < -0.4 is 5.73 Å². The number of nitrogens with zero attached hydrogens (tertiary/aromatic N) is 2. The summed E-state index contributed by atoms with van der Waals surface area (Å²) >= 11 is 1.79. The van der Waals surface area contributed by atoms with Crippen LogP contribution in [0.1, 0.15) is 11.4 Å². The Morgan fingerprint density at radius 2 is 2.06 bits per heavy atom. The highest BCUT2D eigenvalue weighted by atomic mass is 32.2. The molecule has 0 spiro atoms. The minimum Gasteiger partial charge on any atom is -0.337 e. The Morgan fingerprint density at radius 3 is 2.62 bits per heavy atom. The summed E-state index contributed by atoms with van der Waals surface area (Å²) in [7, 11) is 2.01. The van der Waals surface area contributed by atoms with Crippen LogP contribution in [0.4, 0.5) is 0 Å². The Hall–Kier alpha value is -1.26. The third-order valence-corrected chi connectivity index (χ3v) is 3.46. The van der Waals surface area contributed by atoms with Gasteiger partial charge in [0.05, 0.1) is 5.75 Å². The van der Waals surface area contributed by atoms with Crippen LogP contribution in [-0.2, 0) is 19.3 Å². The molecule has 0 aliphatic carbocycles. The van der Waals surface area contributed by atoms with E-state index in [2.05, 4.69) is 29.2 Å². The Kier molecular flexibility index (Phi) is 3.64. The molecule has 0 bridgehead atoms. The number of rotatable bonds is 4. The summed E-state index contributed by atoms with van der Waals surface area (Å²) in [5.74, 6) is 1.98. The topological polar surface area (TPSA) is 43.8 Å². The second-order valence-electron chi connectivity index (χ2n) is 3.59. The van der Waals surface area contributed by atoms with E-state index in [1.807, 2.05) is 24.0 Å². The summed E-state index contributed by atoms with van der Waals surface area (Å²) in [6.45, 7) is 0.602. The predicted molar refractivity (Wildman–Crippen MR) is 67.1 cm³/mol. The second kappa shape index (κ2) is 5.18. The standard InChI is InChI=1S/C12H15N3S/c1-15-7-6-14-12(15)9-16-11-4-2-10(8-13)3-5-11/h2-7H,8-9,13H2,1H3. The van der Waals surface area contributed by atoms with Crippen LogP contribution in [0, 0.1) is 0 Å². The van der Waals surface area contributed by atoms with E-state index in [0.717, 1.165) is 11.6 Å². The van der Waals surface area contributed by atoms with Crippen LogP contribution >= 0.6 is 11.8 Å². The number of aromatic nitrogens is 2. The van der Waals surface area contributed by atoms with Gasteiger partial charge in [0.2, 0.25) is 0 Å². The maximum Gasteiger partial charge on any atom is 0.118 e. The normalized spacial score (nSPS) is 10.6. The van der Waals surface area contributed by atoms with Gasteiger partial charge in [-0.15, -0.1) is 11.8 Å². The number of thioether (sulfide) groups is 1. The van der Waals surface area contributed by atoms with E-state index in [4.69, 9.17) is 5.73 Å². The molecule has 0 fully saturated rings. The van der Waals surface area contributed by atoms with Crippen molar-refractivity contribution in [2.75, 3.05) is 0 Å². The van der Waals surface area contributed by atoms with E-state index in [9.17, 15) is 0 Å². The molecule has 4 heteroatoms. The van der Waals surface area contributed by atoms with Gasteiger partial charge in [-0.2, -0.15) is 0 Å². The third kappa shape index (κ3) is 2.65. The van der Waals surface area contributed by atoms with E-state index < -0.39 is 0 Å². The first-order valence-corrected chi connectivity index (χ1v) is 6.16. The molecular formula is C12H15N3S. The van der Waals surface area contributed by atoms with E-state index >= 15 is 0 Å². The lowest BCUT2D eigenvalue weighted by Gasteiger charge is -2.03. The van der Waals surface area contributed by atoms with Gasteiger partial charge in [0, 0.05) is 30.9 Å². The smallest absolute Gasteiger partial charge is 0.118 e. The third-order valence-electron chi connectivity index (χ3n) is 2.45. The second-order valence-corrected chi connectivity index (χ2v) is 4.64. The monoisotopic (exact) mass is 233 g/mol. The van der Waals surface area contributed by atoms with Gasteiger partial charge >= 0.3 is 0 Å². The molecule has 0 saturated heterocycles. The van der Waals surface area contributed by atoms with Crippen molar-refractivity contribution >= 4 is 11.8 Å². The predicted octanol–water partition coefficient (Wildman–Crippen LogP) is 2.17. The zero-order chi connectivity index (χ0) is 11.4. The van der Waals surface area contributed by atoms with Crippen molar-refractivity contribution in [3.63, 3.8) is 0 Å². The Balaban J connectivity index is 1.97. The highest BCUT2D eigenvalue weighted by Gasteiger charge is 2.00. The molecule has 0 atom stereocenters. The molecule has 2 rings (SSSR count). The number of hydrogen-bond acceptors (Lipinski definition) is 3. The highest BCUT2D eigenvalue weighted by Crippen LogP contribution is 2.21.